The van der Waals surface area contributed by atoms with Gasteiger partial charge < -0.3 is 15.0 Å². The van der Waals surface area contributed by atoms with Gasteiger partial charge in [0.05, 0.1) is 0 Å². The number of aromatic nitrogens is 1. The van der Waals surface area contributed by atoms with Gasteiger partial charge in [-0.1, -0.05) is 18.2 Å². The fourth-order valence-electron chi connectivity index (χ4n) is 1.83. The van der Waals surface area contributed by atoms with E-state index in [0.717, 1.165) is 5.69 Å². The molecule has 4 heteroatoms. The van der Waals surface area contributed by atoms with Gasteiger partial charge in [0.25, 0.3) is 0 Å². The van der Waals surface area contributed by atoms with Crippen molar-refractivity contribution in [1.82, 2.24) is 4.98 Å². The molecule has 4 nitrogen and oxygen atoms in total. The summed E-state index contributed by atoms with van der Waals surface area (Å²) in [7, 11) is 1.77. The number of anilines is 1. The van der Waals surface area contributed by atoms with Crippen LogP contribution in [-0.4, -0.2) is 23.1 Å². The number of hydrogen-bond acceptors (Lipinski definition) is 2. The maximum Gasteiger partial charge on any atom is 0.332 e. The van der Waals surface area contributed by atoms with Crippen LogP contribution >= 0.6 is 0 Å². The highest BCUT2D eigenvalue weighted by Crippen LogP contribution is 2.24. The number of nitrogens with zero attached hydrogens (tertiary/aromatic N) is 1. The molecule has 0 radical (unpaired) electrons. The number of nitrogens with one attached hydrogen (secondary N) is 1. The molecule has 2 aromatic rings. The van der Waals surface area contributed by atoms with Crippen LogP contribution in [0, 0.1) is 0 Å². The summed E-state index contributed by atoms with van der Waals surface area (Å²) < 4.78 is 0. The molecule has 88 valence electrons. The van der Waals surface area contributed by atoms with Gasteiger partial charge in [0.2, 0.25) is 0 Å². The molecule has 1 unspecified atom stereocenters. The maximum atomic E-state index is 11.4. The highest BCUT2D eigenvalue weighted by molar-refractivity contribution is 5.79. The summed E-state index contributed by atoms with van der Waals surface area (Å²) in [6.45, 7) is 0. The minimum absolute atomic E-state index is 0.670. The average Bonchev–Trinajstić information content (AvgIpc) is 2.83. The van der Waals surface area contributed by atoms with E-state index in [0.29, 0.717) is 5.69 Å². The average molecular weight is 230 g/mol. The smallest absolute Gasteiger partial charge is 0.332 e. The third-order valence-electron chi connectivity index (χ3n) is 2.70. The number of para-hydroxylation sites is 1. The molecule has 0 bridgehead atoms. The largest absolute Gasteiger partial charge is 0.479 e. The first-order chi connectivity index (χ1) is 8.20. The first kappa shape index (κ1) is 11.3. The highest BCUT2D eigenvalue weighted by Gasteiger charge is 2.25. The SMILES string of the molecule is CN(c1ccccc1)C(C(=O)O)c1ccc[nH]1. The zero-order chi connectivity index (χ0) is 12.3. The molecule has 17 heavy (non-hydrogen) atoms. The van der Waals surface area contributed by atoms with E-state index in [1.807, 2.05) is 30.3 Å². The molecule has 0 aliphatic rings. The number of likely N-dealkylation sites (N-methyl/N-ethyl adjacent to an activating group) is 1. The van der Waals surface area contributed by atoms with Crippen molar-refractivity contribution in [1.29, 1.82) is 0 Å². The fraction of sp³-hybridized carbons (Fsp3) is 0.154. The van der Waals surface area contributed by atoms with E-state index < -0.39 is 12.0 Å². The highest BCUT2D eigenvalue weighted by atomic mass is 16.4. The lowest BCUT2D eigenvalue weighted by Crippen LogP contribution is -2.30. The number of aromatic amines is 1. The van der Waals surface area contributed by atoms with E-state index in [4.69, 9.17) is 0 Å². The summed E-state index contributed by atoms with van der Waals surface area (Å²) in [5.74, 6) is -0.876. The number of H-pyrrole nitrogens is 1. The maximum absolute atomic E-state index is 11.4. The zero-order valence-electron chi connectivity index (χ0n) is 9.50. The number of hydrogen-bond donors (Lipinski definition) is 2. The lowest BCUT2D eigenvalue weighted by atomic mass is 10.1. The van der Waals surface area contributed by atoms with Crippen molar-refractivity contribution in [3.05, 3.63) is 54.4 Å². The van der Waals surface area contributed by atoms with E-state index in [1.165, 1.54) is 0 Å². The van der Waals surface area contributed by atoms with Crippen LogP contribution < -0.4 is 4.90 Å². The monoisotopic (exact) mass is 230 g/mol. The van der Waals surface area contributed by atoms with Gasteiger partial charge in [-0.2, -0.15) is 0 Å². The molecule has 0 aliphatic heterocycles. The molecule has 1 aromatic carbocycles. The van der Waals surface area contributed by atoms with Crippen molar-refractivity contribution in [3.8, 4) is 0 Å². The molecule has 0 aliphatic carbocycles. The molecule has 1 atom stereocenters. The van der Waals surface area contributed by atoms with E-state index in [-0.39, 0.29) is 0 Å². The van der Waals surface area contributed by atoms with Gasteiger partial charge in [-0.25, -0.2) is 4.79 Å². The second kappa shape index (κ2) is 4.74. The van der Waals surface area contributed by atoms with Crippen LogP contribution in [0.25, 0.3) is 0 Å². The lowest BCUT2D eigenvalue weighted by Gasteiger charge is -2.26. The summed E-state index contributed by atoms with van der Waals surface area (Å²) in [6, 6.07) is 12.3. The third kappa shape index (κ3) is 2.30. The second-order valence-electron chi connectivity index (χ2n) is 3.81. The Morgan fingerprint density at radius 3 is 2.47 bits per heavy atom. The number of carboxylic acid groups (broad SMARTS) is 1. The summed E-state index contributed by atoms with van der Waals surface area (Å²) in [5.41, 5.74) is 1.54. The molecule has 2 rings (SSSR count). The van der Waals surface area contributed by atoms with Crippen molar-refractivity contribution in [3.63, 3.8) is 0 Å². The third-order valence-corrected chi connectivity index (χ3v) is 2.70. The predicted octanol–water partition coefficient (Wildman–Crippen LogP) is 2.28. The molecule has 0 saturated heterocycles. The van der Waals surface area contributed by atoms with Crippen molar-refractivity contribution < 1.29 is 9.90 Å². The lowest BCUT2D eigenvalue weighted by molar-refractivity contribution is -0.138. The molecule has 0 fully saturated rings. The summed E-state index contributed by atoms with van der Waals surface area (Å²) in [4.78, 5) is 16.0. The Kier molecular flexibility index (Phi) is 3.14. The number of carbonyl (C=O) groups is 1. The molecule has 0 spiro atoms. The van der Waals surface area contributed by atoms with Crippen LogP contribution in [0.1, 0.15) is 11.7 Å². The summed E-state index contributed by atoms with van der Waals surface area (Å²) in [6.07, 6.45) is 1.73. The number of rotatable bonds is 4. The first-order valence-corrected chi connectivity index (χ1v) is 5.34. The second-order valence-corrected chi connectivity index (χ2v) is 3.81. The molecule has 1 aromatic heterocycles. The molecule has 1 heterocycles. The van der Waals surface area contributed by atoms with Gasteiger partial charge in [-0.3, -0.25) is 0 Å². The van der Waals surface area contributed by atoms with E-state index in [2.05, 4.69) is 4.98 Å². The molecule has 0 amide bonds. The zero-order valence-corrected chi connectivity index (χ0v) is 9.50. The topological polar surface area (TPSA) is 56.3 Å². The van der Waals surface area contributed by atoms with Crippen molar-refractivity contribution in [2.24, 2.45) is 0 Å². The Labute approximate surface area is 99.5 Å². The van der Waals surface area contributed by atoms with E-state index >= 15 is 0 Å². The van der Waals surface area contributed by atoms with Gasteiger partial charge in [0.15, 0.2) is 6.04 Å². The minimum Gasteiger partial charge on any atom is -0.479 e. The number of carboxylic acids is 1. The number of benzene rings is 1. The molecular formula is C13H14N2O2. The van der Waals surface area contributed by atoms with Crippen LogP contribution in [0.2, 0.25) is 0 Å². The van der Waals surface area contributed by atoms with Crippen molar-refractivity contribution in [2.75, 3.05) is 11.9 Å². The van der Waals surface area contributed by atoms with Crippen molar-refractivity contribution in [2.45, 2.75) is 6.04 Å². The van der Waals surface area contributed by atoms with E-state index in [9.17, 15) is 9.90 Å². The molecule has 0 saturated carbocycles. The van der Waals surface area contributed by atoms with Crippen molar-refractivity contribution >= 4 is 11.7 Å². The number of aliphatic carboxylic acids is 1. The Hall–Kier alpha value is -2.23. The van der Waals surface area contributed by atoms with Crippen LogP contribution in [0.3, 0.4) is 0 Å². The van der Waals surface area contributed by atoms with Gasteiger partial charge in [-0.05, 0) is 24.3 Å². The van der Waals surface area contributed by atoms with Crippen LogP contribution in [0.15, 0.2) is 48.7 Å². The summed E-state index contributed by atoms with van der Waals surface area (Å²) >= 11 is 0. The predicted molar refractivity (Wildman–Crippen MR) is 66.0 cm³/mol. The Morgan fingerprint density at radius 2 is 1.94 bits per heavy atom. The minimum atomic E-state index is -0.876. The van der Waals surface area contributed by atoms with Crippen LogP contribution in [0.5, 0.6) is 0 Å². The normalized spacial score (nSPS) is 12.1. The summed E-state index contributed by atoms with van der Waals surface area (Å²) in [5, 5.41) is 9.32. The Bertz CT molecular complexity index is 479. The Balaban J connectivity index is 2.32. The fourth-order valence-corrected chi connectivity index (χ4v) is 1.83. The molecular weight excluding hydrogens is 216 g/mol. The van der Waals surface area contributed by atoms with Gasteiger partial charge >= 0.3 is 5.97 Å². The quantitative estimate of drug-likeness (QED) is 0.847. The van der Waals surface area contributed by atoms with Gasteiger partial charge in [-0.15, -0.1) is 0 Å². The van der Waals surface area contributed by atoms with E-state index in [1.54, 1.807) is 30.3 Å². The first-order valence-electron chi connectivity index (χ1n) is 5.34. The standard InChI is InChI=1S/C13H14N2O2/c1-15(10-6-3-2-4-7-10)12(13(16)17)11-8-5-9-14-11/h2-9,12,14H,1H3,(H,16,17). The Morgan fingerprint density at radius 1 is 1.24 bits per heavy atom. The van der Waals surface area contributed by atoms with Crippen LogP contribution in [0.4, 0.5) is 5.69 Å². The van der Waals surface area contributed by atoms with Gasteiger partial charge in [0.1, 0.15) is 0 Å². The molecule has 2 N–H and O–H groups in total. The van der Waals surface area contributed by atoms with Gasteiger partial charge in [0, 0.05) is 24.6 Å². The van der Waals surface area contributed by atoms with Crippen LogP contribution in [-0.2, 0) is 4.79 Å².